The molecule has 0 aliphatic heterocycles. The van der Waals surface area contributed by atoms with Crippen molar-refractivity contribution in [3.63, 3.8) is 0 Å². The van der Waals surface area contributed by atoms with Crippen LogP contribution in [0.15, 0.2) is 66.9 Å². The fourth-order valence-corrected chi connectivity index (χ4v) is 2.15. The molecule has 1 heterocycles. The number of hydrogen-bond donors (Lipinski definition) is 2. The highest BCUT2D eigenvalue weighted by Crippen LogP contribution is 2.19. The molecule has 2 N–H and O–H groups in total. The second-order valence-corrected chi connectivity index (χ2v) is 5.01. The summed E-state index contributed by atoms with van der Waals surface area (Å²) in [5, 5.41) is 9.68. The summed E-state index contributed by atoms with van der Waals surface area (Å²) in [5.41, 5.74) is 2.73. The van der Waals surface area contributed by atoms with E-state index in [4.69, 9.17) is 4.74 Å². The molecule has 5 nitrogen and oxygen atoms in total. The monoisotopic (exact) mass is 307 g/mol. The van der Waals surface area contributed by atoms with E-state index in [0.717, 1.165) is 22.7 Å². The molecule has 0 saturated carbocycles. The molecule has 0 saturated heterocycles. The van der Waals surface area contributed by atoms with Crippen LogP contribution in [0.25, 0.3) is 11.3 Å². The number of carbonyl (C=O) groups is 1. The molecule has 0 spiro atoms. The fraction of sp³-hybridized carbons (Fsp3) is 0.111. The molecule has 1 aromatic heterocycles. The van der Waals surface area contributed by atoms with Crippen molar-refractivity contribution in [3.05, 3.63) is 66.9 Å². The molecule has 0 fully saturated rings. The second kappa shape index (κ2) is 7.26. The van der Waals surface area contributed by atoms with Gasteiger partial charge in [-0.1, -0.05) is 30.3 Å². The predicted molar refractivity (Wildman–Crippen MR) is 89.2 cm³/mol. The maximum Gasteiger partial charge on any atom is 0.227 e. The van der Waals surface area contributed by atoms with Gasteiger partial charge in [-0.3, -0.25) is 9.89 Å². The van der Waals surface area contributed by atoms with Gasteiger partial charge in [0, 0.05) is 11.9 Å². The van der Waals surface area contributed by atoms with Gasteiger partial charge in [0.1, 0.15) is 5.75 Å². The van der Waals surface area contributed by atoms with E-state index >= 15 is 0 Å². The maximum atomic E-state index is 11.9. The highest BCUT2D eigenvalue weighted by atomic mass is 16.5. The second-order valence-electron chi connectivity index (χ2n) is 5.01. The quantitative estimate of drug-likeness (QED) is 0.732. The van der Waals surface area contributed by atoms with Crippen LogP contribution < -0.4 is 10.1 Å². The molecule has 5 heteroatoms. The van der Waals surface area contributed by atoms with Gasteiger partial charge in [-0.2, -0.15) is 5.10 Å². The van der Waals surface area contributed by atoms with Crippen molar-refractivity contribution in [1.82, 2.24) is 10.2 Å². The van der Waals surface area contributed by atoms with Crippen LogP contribution in [0, 0.1) is 0 Å². The largest absolute Gasteiger partial charge is 0.493 e. The van der Waals surface area contributed by atoms with E-state index in [-0.39, 0.29) is 5.91 Å². The molecule has 2 aromatic carbocycles. The third-order valence-corrected chi connectivity index (χ3v) is 3.32. The lowest BCUT2D eigenvalue weighted by atomic mass is 10.1. The molecule has 1 amide bonds. The molecule has 116 valence electrons. The zero-order valence-electron chi connectivity index (χ0n) is 12.5. The first kappa shape index (κ1) is 14.8. The summed E-state index contributed by atoms with van der Waals surface area (Å²) < 4.78 is 5.51. The average Bonchev–Trinajstić information content (AvgIpc) is 3.11. The number of aromatic amines is 1. The minimum Gasteiger partial charge on any atom is -0.493 e. The highest BCUT2D eigenvalue weighted by Gasteiger charge is 2.04. The zero-order chi connectivity index (χ0) is 15.9. The van der Waals surface area contributed by atoms with Crippen LogP contribution in [-0.2, 0) is 4.79 Å². The number of hydrogen-bond acceptors (Lipinski definition) is 3. The van der Waals surface area contributed by atoms with Gasteiger partial charge in [0.25, 0.3) is 0 Å². The van der Waals surface area contributed by atoms with E-state index in [0.29, 0.717) is 13.0 Å². The molecule has 0 aliphatic carbocycles. The summed E-state index contributed by atoms with van der Waals surface area (Å²) in [6, 6.07) is 19.0. The van der Waals surface area contributed by atoms with Crippen LogP contribution in [0.1, 0.15) is 6.42 Å². The van der Waals surface area contributed by atoms with Gasteiger partial charge >= 0.3 is 0 Å². The number of carbonyl (C=O) groups excluding carboxylic acids is 1. The lowest BCUT2D eigenvalue weighted by molar-refractivity contribution is -0.116. The molecular weight excluding hydrogens is 290 g/mol. The van der Waals surface area contributed by atoms with Gasteiger partial charge in [-0.05, 0) is 35.9 Å². The van der Waals surface area contributed by atoms with E-state index < -0.39 is 0 Å². The van der Waals surface area contributed by atoms with Crippen LogP contribution in [0.2, 0.25) is 0 Å². The Labute approximate surface area is 134 Å². The van der Waals surface area contributed by atoms with E-state index in [2.05, 4.69) is 15.5 Å². The van der Waals surface area contributed by atoms with Gasteiger partial charge in [-0.15, -0.1) is 0 Å². The standard InChI is InChI=1S/C18H17N3O2/c22-18(11-13-23-16-4-2-1-3-5-16)20-15-8-6-14(7-9-15)17-10-12-19-21-17/h1-10,12H,11,13H2,(H,19,21)(H,20,22). The molecule has 0 radical (unpaired) electrons. The van der Waals surface area contributed by atoms with Gasteiger partial charge in [-0.25, -0.2) is 0 Å². The summed E-state index contributed by atoms with van der Waals surface area (Å²) >= 11 is 0. The molecule has 0 aliphatic rings. The number of aromatic nitrogens is 2. The average molecular weight is 307 g/mol. The number of para-hydroxylation sites is 1. The fourth-order valence-electron chi connectivity index (χ4n) is 2.15. The number of nitrogens with zero attached hydrogens (tertiary/aromatic N) is 1. The van der Waals surface area contributed by atoms with Crippen molar-refractivity contribution < 1.29 is 9.53 Å². The van der Waals surface area contributed by atoms with E-state index in [1.165, 1.54) is 0 Å². The van der Waals surface area contributed by atoms with Crippen LogP contribution in [0.5, 0.6) is 5.75 Å². The van der Waals surface area contributed by atoms with Crippen LogP contribution in [0.4, 0.5) is 5.69 Å². The first-order valence-corrected chi connectivity index (χ1v) is 7.39. The topological polar surface area (TPSA) is 67.0 Å². The van der Waals surface area contributed by atoms with Gasteiger partial charge in [0.05, 0.1) is 18.7 Å². The smallest absolute Gasteiger partial charge is 0.227 e. The van der Waals surface area contributed by atoms with E-state index in [1.54, 1.807) is 6.20 Å². The molecular formula is C18H17N3O2. The number of ether oxygens (including phenoxy) is 1. The Morgan fingerprint density at radius 2 is 1.83 bits per heavy atom. The first-order chi connectivity index (χ1) is 11.3. The molecule has 23 heavy (non-hydrogen) atoms. The molecule has 3 aromatic rings. The van der Waals surface area contributed by atoms with Crippen molar-refractivity contribution in [2.45, 2.75) is 6.42 Å². The Kier molecular flexibility index (Phi) is 4.69. The summed E-state index contributed by atoms with van der Waals surface area (Å²) in [5.74, 6) is 0.694. The Morgan fingerprint density at radius 3 is 2.52 bits per heavy atom. The van der Waals surface area contributed by atoms with Crippen LogP contribution in [0.3, 0.4) is 0 Å². The third-order valence-electron chi connectivity index (χ3n) is 3.32. The Morgan fingerprint density at radius 1 is 1.04 bits per heavy atom. The first-order valence-electron chi connectivity index (χ1n) is 7.39. The Hall–Kier alpha value is -3.08. The van der Waals surface area contributed by atoms with Gasteiger partial charge in [0.2, 0.25) is 5.91 Å². The van der Waals surface area contributed by atoms with E-state index in [1.807, 2.05) is 60.7 Å². The van der Waals surface area contributed by atoms with Gasteiger partial charge < -0.3 is 10.1 Å². The summed E-state index contributed by atoms with van der Waals surface area (Å²) in [6.45, 7) is 0.349. The van der Waals surface area contributed by atoms with Crippen LogP contribution in [-0.4, -0.2) is 22.7 Å². The summed E-state index contributed by atoms with van der Waals surface area (Å²) in [4.78, 5) is 11.9. The lowest BCUT2D eigenvalue weighted by Crippen LogP contribution is -2.15. The maximum absolute atomic E-state index is 11.9. The summed E-state index contributed by atoms with van der Waals surface area (Å²) in [7, 11) is 0. The molecule has 3 rings (SSSR count). The minimum absolute atomic E-state index is 0.0739. The normalized spacial score (nSPS) is 10.3. The number of amides is 1. The SMILES string of the molecule is O=C(CCOc1ccccc1)Nc1ccc(-c2ccn[nH]2)cc1. The Bertz CT molecular complexity index is 738. The number of benzene rings is 2. The molecule has 0 atom stereocenters. The number of nitrogens with one attached hydrogen (secondary N) is 2. The Balaban J connectivity index is 1.48. The van der Waals surface area contributed by atoms with Crippen molar-refractivity contribution in [1.29, 1.82) is 0 Å². The van der Waals surface area contributed by atoms with Crippen molar-refractivity contribution >= 4 is 11.6 Å². The number of anilines is 1. The van der Waals surface area contributed by atoms with Crippen molar-refractivity contribution in [3.8, 4) is 17.0 Å². The highest BCUT2D eigenvalue weighted by molar-refractivity contribution is 5.91. The van der Waals surface area contributed by atoms with Crippen molar-refractivity contribution in [2.24, 2.45) is 0 Å². The van der Waals surface area contributed by atoms with Gasteiger partial charge in [0.15, 0.2) is 0 Å². The summed E-state index contributed by atoms with van der Waals surface area (Å²) in [6.07, 6.45) is 2.01. The predicted octanol–water partition coefficient (Wildman–Crippen LogP) is 3.48. The number of rotatable bonds is 6. The minimum atomic E-state index is -0.0739. The lowest BCUT2D eigenvalue weighted by Gasteiger charge is -2.07. The number of H-pyrrole nitrogens is 1. The molecule has 0 unspecified atom stereocenters. The van der Waals surface area contributed by atoms with E-state index in [9.17, 15) is 4.79 Å². The van der Waals surface area contributed by atoms with Crippen LogP contribution >= 0.6 is 0 Å². The third kappa shape index (κ3) is 4.20. The van der Waals surface area contributed by atoms with Crippen molar-refractivity contribution in [2.75, 3.05) is 11.9 Å². The zero-order valence-corrected chi connectivity index (χ0v) is 12.5. The molecule has 0 bridgehead atoms.